The predicted octanol–water partition coefficient (Wildman–Crippen LogP) is 3.59. The second-order valence-electron chi connectivity index (χ2n) is 6.97. The molecule has 2 N–H and O–H groups in total. The highest BCUT2D eigenvalue weighted by Gasteiger charge is 2.13. The molecular formula is C24H19F3N2O5. The first-order chi connectivity index (χ1) is 16.3. The summed E-state index contributed by atoms with van der Waals surface area (Å²) in [4.78, 5) is 35.9. The molecule has 2 amide bonds. The minimum Gasteiger partial charge on any atom is -0.489 e. The predicted molar refractivity (Wildman–Crippen MR) is 115 cm³/mol. The number of carbonyl (C=O) groups excluding carboxylic acids is 3. The Labute approximate surface area is 192 Å². The van der Waals surface area contributed by atoms with Crippen molar-refractivity contribution in [3.05, 3.63) is 95.3 Å². The van der Waals surface area contributed by atoms with E-state index in [1.807, 2.05) is 0 Å². The number of anilines is 1. The summed E-state index contributed by atoms with van der Waals surface area (Å²) in [6, 6.07) is 14.7. The van der Waals surface area contributed by atoms with Crippen molar-refractivity contribution in [2.24, 2.45) is 0 Å². The zero-order chi connectivity index (χ0) is 24.5. The second-order valence-corrected chi connectivity index (χ2v) is 6.97. The standard InChI is InChI=1S/C24H19F3N2O5/c25-17-6-4-15(5-7-17)13-33-19-3-1-2-16(10-19)24(32)34-14-23(31)28-12-22(30)29-18-8-9-20(26)21(27)11-18/h1-11H,12-14H2,(H,28,31)(H,29,30). The van der Waals surface area contributed by atoms with E-state index >= 15 is 0 Å². The lowest BCUT2D eigenvalue weighted by Gasteiger charge is -2.09. The van der Waals surface area contributed by atoms with Crippen molar-refractivity contribution in [3.63, 3.8) is 0 Å². The van der Waals surface area contributed by atoms with Crippen LogP contribution in [0.1, 0.15) is 15.9 Å². The number of amides is 2. The van der Waals surface area contributed by atoms with Crippen molar-refractivity contribution in [2.75, 3.05) is 18.5 Å². The second kappa shape index (κ2) is 11.5. The average molecular weight is 472 g/mol. The Bertz CT molecular complexity index is 1190. The molecule has 0 aromatic heterocycles. The fraction of sp³-hybridized carbons (Fsp3) is 0.125. The lowest BCUT2D eigenvalue weighted by atomic mass is 10.2. The van der Waals surface area contributed by atoms with Gasteiger partial charge >= 0.3 is 5.97 Å². The van der Waals surface area contributed by atoms with Crippen LogP contribution in [-0.4, -0.2) is 30.9 Å². The number of carbonyl (C=O) groups is 3. The Balaban J connectivity index is 1.42. The zero-order valence-electron chi connectivity index (χ0n) is 17.6. The van der Waals surface area contributed by atoms with Crippen molar-refractivity contribution in [1.82, 2.24) is 5.32 Å². The van der Waals surface area contributed by atoms with Crippen molar-refractivity contribution < 1.29 is 37.0 Å². The fourth-order valence-corrected chi connectivity index (χ4v) is 2.68. The lowest BCUT2D eigenvalue weighted by molar-refractivity contribution is -0.126. The van der Waals surface area contributed by atoms with Gasteiger partial charge in [0.25, 0.3) is 5.91 Å². The van der Waals surface area contributed by atoms with Gasteiger partial charge in [0.15, 0.2) is 18.2 Å². The number of benzene rings is 3. The molecule has 10 heteroatoms. The molecule has 34 heavy (non-hydrogen) atoms. The van der Waals surface area contributed by atoms with Gasteiger partial charge in [0.2, 0.25) is 5.91 Å². The van der Waals surface area contributed by atoms with E-state index < -0.39 is 42.6 Å². The molecule has 0 atom stereocenters. The summed E-state index contributed by atoms with van der Waals surface area (Å²) >= 11 is 0. The normalized spacial score (nSPS) is 10.3. The van der Waals surface area contributed by atoms with E-state index in [0.717, 1.165) is 23.8 Å². The first kappa shape index (κ1) is 24.3. The smallest absolute Gasteiger partial charge is 0.338 e. The van der Waals surface area contributed by atoms with Crippen molar-refractivity contribution in [3.8, 4) is 5.75 Å². The fourth-order valence-electron chi connectivity index (χ4n) is 2.68. The van der Waals surface area contributed by atoms with Crippen LogP contribution in [0, 0.1) is 17.5 Å². The van der Waals surface area contributed by atoms with E-state index in [1.54, 1.807) is 24.3 Å². The minimum atomic E-state index is -1.13. The summed E-state index contributed by atoms with van der Waals surface area (Å²) in [7, 11) is 0. The third-order valence-electron chi connectivity index (χ3n) is 4.37. The van der Waals surface area contributed by atoms with Gasteiger partial charge in [-0.15, -0.1) is 0 Å². The quantitative estimate of drug-likeness (QED) is 0.465. The number of ether oxygens (including phenoxy) is 2. The van der Waals surface area contributed by atoms with Gasteiger partial charge in [0.1, 0.15) is 18.2 Å². The highest BCUT2D eigenvalue weighted by molar-refractivity contribution is 5.95. The Morgan fingerprint density at radius 2 is 1.59 bits per heavy atom. The molecule has 0 bridgehead atoms. The molecule has 0 saturated carbocycles. The van der Waals surface area contributed by atoms with Gasteiger partial charge < -0.3 is 20.1 Å². The molecule has 0 spiro atoms. The van der Waals surface area contributed by atoms with Gasteiger partial charge in [0, 0.05) is 11.8 Å². The summed E-state index contributed by atoms with van der Waals surface area (Å²) in [6.07, 6.45) is 0. The monoisotopic (exact) mass is 472 g/mol. The largest absolute Gasteiger partial charge is 0.489 e. The van der Waals surface area contributed by atoms with Gasteiger partial charge in [-0.2, -0.15) is 0 Å². The van der Waals surface area contributed by atoms with Gasteiger partial charge in [-0.1, -0.05) is 18.2 Å². The molecule has 0 heterocycles. The van der Waals surface area contributed by atoms with E-state index in [-0.39, 0.29) is 23.7 Å². The summed E-state index contributed by atoms with van der Waals surface area (Å²) < 4.78 is 49.5. The third-order valence-corrected chi connectivity index (χ3v) is 4.37. The molecular weight excluding hydrogens is 453 g/mol. The Morgan fingerprint density at radius 1 is 0.824 bits per heavy atom. The van der Waals surface area contributed by atoms with Crippen LogP contribution in [0.4, 0.5) is 18.9 Å². The molecule has 0 aliphatic heterocycles. The molecule has 0 radical (unpaired) electrons. The van der Waals surface area contributed by atoms with Crippen molar-refractivity contribution in [1.29, 1.82) is 0 Å². The Kier molecular flexibility index (Phi) is 8.22. The third kappa shape index (κ3) is 7.37. The highest BCUT2D eigenvalue weighted by atomic mass is 19.2. The summed E-state index contributed by atoms with van der Waals surface area (Å²) in [5, 5.41) is 4.53. The minimum absolute atomic E-state index is 0.0195. The number of halogens is 3. The molecule has 7 nitrogen and oxygen atoms in total. The lowest BCUT2D eigenvalue weighted by Crippen LogP contribution is -2.35. The Morgan fingerprint density at radius 3 is 2.32 bits per heavy atom. The topological polar surface area (TPSA) is 93.7 Å². The first-order valence-corrected chi connectivity index (χ1v) is 9.96. The van der Waals surface area contributed by atoms with Gasteiger partial charge in [-0.3, -0.25) is 9.59 Å². The van der Waals surface area contributed by atoms with E-state index in [9.17, 15) is 27.6 Å². The summed E-state index contributed by atoms with van der Waals surface area (Å²) in [6.45, 7) is -0.951. The Hall–Kier alpha value is -4.34. The van der Waals surface area contributed by atoms with Crippen LogP contribution >= 0.6 is 0 Å². The summed E-state index contributed by atoms with van der Waals surface area (Å²) in [5.74, 6) is -4.38. The SMILES string of the molecule is O=C(COC(=O)c1cccc(OCc2ccc(F)cc2)c1)NCC(=O)Nc1ccc(F)c(F)c1. The van der Waals surface area contributed by atoms with Crippen molar-refractivity contribution >= 4 is 23.5 Å². The van der Waals surface area contributed by atoms with E-state index in [0.29, 0.717) is 5.75 Å². The molecule has 0 unspecified atom stereocenters. The van der Waals surface area contributed by atoms with Crippen LogP contribution in [0.2, 0.25) is 0 Å². The number of esters is 1. The van der Waals surface area contributed by atoms with Crippen LogP contribution in [0.15, 0.2) is 66.7 Å². The molecule has 3 rings (SSSR count). The van der Waals surface area contributed by atoms with Crippen molar-refractivity contribution in [2.45, 2.75) is 6.61 Å². The molecule has 3 aromatic carbocycles. The van der Waals surface area contributed by atoms with Gasteiger partial charge in [0.05, 0.1) is 12.1 Å². The first-order valence-electron chi connectivity index (χ1n) is 9.96. The maximum atomic E-state index is 13.2. The summed E-state index contributed by atoms with van der Waals surface area (Å²) in [5.41, 5.74) is 0.895. The number of rotatable bonds is 9. The van der Waals surface area contributed by atoms with Gasteiger partial charge in [-0.05, 0) is 48.0 Å². The molecule has 0 fully saturated rings. The maximum Gasteiger partial charge on any atom is 0.338 e. The molecule has 0 saturated heterocycles. The number of hydrogen-bond acceptors (Lipinski definition) is 5. The number of nitrogens with one attached hydrogen (secondary N) is 2. The van der Waals surface area contributed by atoms with E-state index in [1.165, 1.54) is 24.3 Å². The number of hydrogen-bond donors (Lipinski definition) is 2. The van der Waals surface area contributed by atoms with Crippen LogP contribution in [-0.2, 0) is 20.9 Å². The van der Waals surface area contributed by atoms with E-state index in [4.69, 9.17) is 9.47 Å². The van der Waals surface area contributed by atoms with E-state index in [2.05, 4.69) is 10.6 Å². The molecule has 3 aromatic rings. The van der Waals surface area contributed by atoms with Crippen LogP contribution in [0.3, 0.4) is 0 Å². The zero-order valence-corrected chi connectivity index (χ0v) is 17.6. The average Bonchev–Trinajstić information content (AvgIpc) is 2.83. The van der Waals surface area contributed by atoms with Crippen LogP contribution < -0.4 is 15.4 Å². The molecule has 0 aliphatic carbocycles. The van der Waals surface area contributed by atoms with Gasteiger partial charge in [-0.25, -0.2) is 18.0 Å². The maximum absolute atomic E-state index is 13.2. The highest BCUT2D eigenvalue weighted by Crippen LogP contribution is 2.16. The van der Waals surface area contributed by atoms with Crippen LogP contribution in [0.5, 0.6) is 5.75 Å². The molecule has 0 aliphatic rings. The van der Waals surface area contributed by atoms with Crippen LogP contribution in [0.25, 0.3) is 0 Å². The molecule has 176 valence electrons.